The summed E-state index contributed by atoms with van der Waals surface area (Å²) < 4.78 is 0. The fourth-order valence-corrected chi connectivity index (χ4v) is 5.82. The predicted octanol–water partition coefficient (Wildman–Crippen LogP) is 6.39. The van der Waals surface area contributed by atoms with Crippen molar-refractivity contribution in [1.29, 1.82) is 0 Å². The lowest BCUT2D eigenvalue weighted by molar-refractivity contribution is -0.115. The third-order valence-corrected chi connectivity index (χ3v) is 7.01. The molecule has 1 unspecified atom stereocenters. The molecule has 0 aliphatic carbocycles. The first-order valence-electron chi connectivity index (χ1n) is 10.9. The number of amidine groups is 1. The van der Waals surface area contributed by atoms with E-state index in [0.717, 1.165) is 17.7 Å². The van der Waals surface area contributed by atoms with Crippen molar-refractivity contribution >= 4 is 40.3 Å². The number of para-hydroxylation sites is 1. The molecular weight excluding hydrogens is 402 g/mol. The molecule has 2 aromatic rings. The Bertz CT molecular complexity index is 1070. The Labute approximate surface area is 189 Å². The third kappa shape index (κ3) is 4.29. The Kier molecular flexibility index (Phi) is 5.73. The first-order valence-corrected chi connectivity index (χ1v) is 11.8. The van der Waals surface area contributed by atoms with Gasteiger partial charge in [-0.1, -0.05) is 25.1 Å². The molecule has 4 nitrogen and oxygen atoms in total. The second-order valence-electron chi connectivity index (χ2n) is 9.47. The van der Waals surface area contributed by atoms with Gasteiger partial charge in [0.05, 0.1) is 10.6 Å². The van der Waals surface area contributed by atoms with Crippen molar-refractivity contribution in [3.05, 3.63) is 64.1 Å². The molecule has 1 N–H and O–H groups in total. The summed E-state index contributed by atoms with van der Waals surface area (Å²) in [7, 11) is 0. The van der Waals surface area contributed by atoms with Gasteiger partial charge in [0.15, 0.2) is 5.17 Å². The minimum absolute atomic E-state index is 0.0882. The van der Waals surface area contributed by atoms with E-state index in [0.29, 0.717) is 22.0 Å². The number of nitrogens with zero attached hydrogens (tertiary/aromatic N) is 2. The maximum absolute atomic E-state index is 12.6. The molecular formula is C26H31N3OS. The molecule has 4 rings (SSSR count). The molecule has 31 heavy (non-hydrogen) atoms. The monoisotopic (exact) mass is 433 g/mol. The van der Waals surface area contributed by atoms with Gasteiger partial charge in [0.25, 0.3) is 5.91 Å². The fraction of sp³-hybridized carbons (Fsp3) is 0.385. The molecule has 1 saturated heterocycles. The van der Waals surface area contributed by atoms with Crippen LogP contribution >= 0.6 is 11.8 Å². The highest BCUT2D eigenvalue weighted by Crippen LogP contribution is 2.45. The summed E-state index contributed by atoms with van der Waals surface area (Å²) in [6.07, 6.45) is 3.12. The third-order valence-electron chi connectivity index (χ3n) is 6.10. The number of aliphatic imine (C=N–C) groups is 1. The van der Waals surface area contributed by atoms with Crippen molar-refractivity contribution in [3.8, 4) is 0 Å². The second kappa shape index (κ2) is 8.19. The fourth-order valence-electron chi connectivity index (χ4n) is 4.99. The SMILES string of the molecule is Cc1cc2c(cc1/C=C1\SC(=Nc3ccccc3)NC1=O)C(C)CC(C)(C)N2C(C)C. The highest BCUT2D eigenvalue weighted by molar-refractivity contribution is 8.18. The van der Waals surface area contributed by atoms with Crippen LogP contribution in [0.3, 0.4) is 0 Å². The number of aryl methyl sites for hydroxylation is 1. The number of amides is 1. The summed E-state index contributed by atoms with van der Waals surface area (Å²) in [6, 6.07) is 14.7. The number of rotatable bonds is 3. The zero-order valence-corrected chi connectivity index (χ0v) is 20.0. The summed E-state index contributed by atoms with van der Waals surface area (Å²) >= 11 is 1.40. The number of carbonyl (C=O) groups excluding carboxylic acids is 1. The van der Waals surface area contributed by atoms with E-state index in [2.05, 4.69) is 68.9 Å². The Hall–Kier alpha value is -2.53. The molecule has 1 amide bonds. The van der Waals surface area contributed by atoms with Gasteiger partial charge in [-0.3, -0.25) is 4.79 Å². The van der Waals surface area contributed by atoms with E-state index in [9.17, 15) is 4.79 Å². The van der Waals surface area contributed by atoms with E-state index in [4.69, 9.17) is 0 Å². The molecule has 2 aliphatic rings. The average molecular weight is 434 g/mol. The van der Waals surface area contributed by atoms with Crippen molar-refractivity contribution in [3.63, 3.8) is 0 Å². The molecule has 0 radical (unpaired) electrons. The van der Waals surface area contributed by atoms with Gasteiger partial charge in [0.1, 0.15) is 0 Å². The molecule has 2 aliphatic heterocycles. The average Bonchev–Trinajstić information content (AvgIpc) is 3.01. The van der Waals surface area contributed by atoms with Crippen LogP contribution in [0, 0.1) is 6.92 Å². The molecule has 1 fully saturated rings. The molecule has 1 atom stereocenters. The van der Waals surface area contributed by atoms with E-state index >= 15 is 0 Å². The van der Waals surface area contributed by atoms with E-state index in [1.807, 2.05) is 36.4 Å². The lowest BCUT2D eigenvalue weighted by Crippen LogP contribution is -2.51. The van der Waals surface area contributed by atoms with Crippen LogP contribution in [0.1, 0.15) is 63.6 Å². The topological polar surface area (TPSA) is 44.7 Å². The zero-order chi connectivity index (χ0) is 22.3. The summed E-state index contributed by atoms with van der Waals surface area (Å²) in [5.74, 6) is 0.382. The largest absolute Gasteiger partial charge is 0.364 e. The van der Waals surface area contributed by atoms with Crippen LogP contribution in [0.15, 0.2) is 52.4 Å². The molecule has 0 saturated carbocycles. The van der Waals surface area contributed by atoms with Gasteiger partial charge in [0, 0.05) is 17.3 Å². The first-order chi connectivity index (χ1) is 14.7. The van der Waals surface area contributed by atoms with Gasteiger partial charge in [-0.25, -0.2) is 4.99 Å². The lowest BCUT2D eigenvalue weighted by atomic mass is 9.78. The van der Waals surface area contributed by atoms with Gasteiger partial charge in [0.2, 0.25) is 0 Å². The smallest absolute Gasteiger partial charge is 0.264 e. The maximum Gasteiger partial charge on any atom is 0.264 e. The van der Waals surface area contributed by atoms with Crippen molar-refractivity contribution in [2.45, 2.75) is 65.5 Å². The Morgan fingerprint density at radius 3 is 2.61 bits per heavy atom. The quantitative estimate of drug-likeness (QED) is 0.571. The van der Waals surface area contributed by atoms with Crippen molar-refractivity contribution < 1.29 is 4.79 Å². The van der Waals surface area contributed by atoms with Gasteiger partial charge < -0.3 is 10.2 Å². The van der Waals surface area contributed by atoms with Crippen LogP contribution < -0.4 is 10.2 Å². The van der Waals surface area contributed by atoms with Crippen molar-refractivity contribution in [2.75, 3.05) is 4.90 Å². The number of hydrogen-bond acceptors (Lipinski definition) is 4. The normalized spacial score (nSPS) is 22.9. The van der Waals surface area contributed by atoms with Gasteiger partial charge in [-0.2, -0.15) is 0 Å². The van der Waals surface area contributed by atoms with Crippen LogP contribution in [0.2, 0.25) is 0 Å². The van der Waals surface area contributed by atoms with Crippen LogP contribution in [-0.2, 0) is 4.79 Å². The van der Waals surface area contributed by atoms with E-state index < -0.39 is 0 Å². The molecule has 2 aromatic carbocycles. The summed E-state index contributed by atoms with van der Waals surface area (Å²) in [5, 5.41) is 3.52. The summed E-state index contributed by atoms with van der Waals surface area (Å²) in [6.45, 7) is 13.6. The molecule has 162 valence electrons. The van der Waals surface area contributed by atoms with Crippen molar-refractivity contribution in [1.82, 2.24) is 5.32 Å². The number of hydrogen-bond donors (Lipinski definition) is 1. The second-order valence-corrected chi connectivity index (χ2v) is 10.5. The van der Waals surface area contributed by atoms with Gasteiger partial charge in [-0.05, 0) is 106 Å². The minimum Gasteiger partial charge on any atom is -0.364 e. The Morgan fingerprint density at radius 2 is 1.94 bits per heavy atom. The zero-order valence-electron chi connectivity index (χ0n) is 19.2. The summed E-state index contributed by atoms with van der Waals surface area (Å²) in [5.41, 5.74) is 5.94. The Balaban J connectivity index is 1.69. The van der Waals surface area contributed by atoms with E-state index in [-0.39, 0.29) is 11.4 Å². The van der Waals surface area contributed by atoms with Gasteiger partial charge >= 0.3 is 0 Å². The number of fused-ring (bicyclic) bond motifs is 1. The highest BCUT2D eigenvalue weighted by atomic mass is 32.2. The van der Waals surface area contributed by atoms with Crippen LogP contribution in [0.25, 0.3) is 6.08 Å². The van der Waals surface area contributed by atoms with Crippen LogP contribution in [-0.4, -0.2) is 22.7 Å². The predicted molar refractivity (Wildman–Crippen MR) is 133 cm³/mol. The van der Waals surface area contributed by atoms with E-state index in [1.54, 1.807) is 0 Å². The molecule has 2 heterocycles. The molecule has 0 spiro atoms. The lowest BCUT2D eigenvalue weighted by Gasteiger charge is -2.50. The number of nitrogens with one attached hydrogen (secondary N) is 1. The highest BCUT2D eigenvalue weighted by Gasteiger charge is 2.38. The van der Waals surface area contributed by atoms with Crippen molar-refractivity contribution in [2.24, 2.45) is 4.99 Å². The number of benzene rings is 2. The standard InChI is InChI=1S/C26H31N3OS/c1-16(2)29-22-12-17(3)19(13-21(22)18(4)15-26(29,5)6)14-23-24(30)28-25(31-23)27-20-10-8-7-9-11-20/h7-14,16,18H,15H2,1-6H3,(H,27,28,30)/b23-14-. The number of thioether (sulfide) groups is 1. The molecule has 5 heteroatoms. The van der Waals surface area contributed by atoms with Crippen LogP contribution in [0.4, 0.5) is 11.4 Å². The van der Waals surface area contributed by atoms with Gasteiger partial charge in [-0.15, -0.1) is 0 Å². The number of anilines is 1. The maximum atomic E-state index is 12.6. The van der Waals surface area contributed by atoms with Crippen LogP contribution in [0.5, 0.6) is 0 Å². The first kappa shape index (κ1) is 21.7. The molecule has 0 aromatic heterocycles. The summed E-state index contributed by atoms with van der Waals surface area (Å²) in [4.78, 5) is 20.4. The van der Waals surface area contributed by atoms with E-state index in [1.165, 1.54) is 28.6 Å². The minimum atomic E-state index is -0.0882. The molecule has 0 bridgehead atoms. The number of carbonyl (C=O) groups is 1. The Morgan fingerprint density at radius 1 is 1.23 bits per heavy atom.